The van der Waals surface area contributed by atoms with Crippen molar-refractivity contribution in [3.63, 3.8) is 0 Å². The largest absolute Gasteiger partial charge is 0.468 e. The number of methoxy groups -OCH3 is 1. The summed E-state index contributed by atoms with van der Waals surface area (Å²) in [6.07, 6.45) is 0. The van der Waals surface area contributed by atoms with Crippen molar-refractivity contribution >= 4 is 51.0 Å². The lowest BCUT2D eigenvalue weighted by molar-refractivity contribution is -0.139. The zero-order valence-corrected chi connectivity index (χ0v) is 19.0. The third kappa shape index (κ3) is 4.85. The van der Waals surface area contributed by atoms with Crippen LogP contribution in [0.2, 0.25) is 0 Å². The van der Waals surface area contributed by atoms with E-state index in [1.54, 1.807) is 23.1 Å². The van der Waals surface area contributed by atoms with Crippen LogP contribution in [0.1, 0.15) is 18.3 Å². The van der Waals surface area contributed by atoms with E-state index in [4.69, 9.17) is 4.74 Å². The molecule has 0 saturated heterocycles. The number of thiazole rings is 1. The van der Waals surface area contributed by atoms with Gasteiger partial charge in [-0.15, -0.1) is 21.5 Å². The maximum absolute atomic E-state index is 11.9. The Morgan fingerprint density at radius 1 is 1.13 bits per heavy atom. The number of ether oxygens (including phenoxy) is 1. The number of nitrogens with zero attached hydrogens (tertiary/aromatic N) is 4. The Hall–Kier alpha value is -2.36. The quantitative estimate of drug-likeness (QED) is 0.276. The number of carbonyl (C=O) groups excluding carboxylic acids is 1. The molecule has 0 bridgehead atoms. The molecule has 2 heterocycles. The Bertz CT molecular complexity index is 1110. The van der Waals surface area contributed by atoms with Crippen molar-refractivity contribution in [1.82, 2.24) is 19.7 Å². The monoisotopic (exact) mass is 456 g/mol. The molecule has 0 aliphatic carbocycles. The van der Waals surface area contributed by atoms with Gasteiger partial charge >= 0.3 is 5.97 Å². The third-order valence-electron chi connectivity index (χ3n) is 4.39. The molecule has 0 aliphatic heterocycles. The van der Waals surface area contributed by atoms with E-state index in [9.17, 15) is 4.79 Å². The molecule has 6 nitrogen and oxygen atoms in total. The molecule has 0 fully saturated rings. The summed E-state index contributed by atoms with van der Waals surface area (Å²) in [5, 5.41) is 9.12. The molecule has 1 atom stereocenters. The number of benzene rings is 2. The second kappa shape index (κ2) is 9.63. The van der Waals surface area contributed by atoms with E-state index in [1.165, 1.54) is 23.6 Å². The van der Waals surface area contributed by atoms with Crippen molar-refractivity contribution in [3.8, 4) is 0 Å². The van der Waals surface area contributed by atoms with E-state index in [-0.39, 0.29) is 11.2 Å². The summed E-state index contributed by atoms with van der Waals surface area (Å²) < 4.78 is 9.10. The fourth-order valence-electron chi connectivity index (χ4n) is 2.85. The number of aromatic nitrogens is 4. The zero-order valence-electron chi connectivity index (χ0n) is 16.5. The van der Waals surface area contributed by atoms with Gasteiger partial charge in [0.2, 0.25) is 0 Å². The Kier molecular flexibility index (Phi) is 6.71. The van der Waals surface area contributed by atoms with Crippen LogP contribution in [0.3, 0.4) is 0 Å². The first kappa shape index (κ1) is 20.9. The molecule has 154 valence electrons. The van der Waals surface area contributed by atoms with Gasteiger partial charge in [0.1, 0.15) is 11.1 Å². The van der Waals surface area contributed by atoms with Crippen molar-refractivity contribution < 1.29 is 9.53 Å². The molecule has 9 heteroatoms. The lowest BCUT2D eigenvalue weighted by Crippen LogP contribution is -2.16. The molecule has 0 radical (unpaired) electrons. The first-order valence-corrected chi connectivity index (χ1v) is 12.0. The Balaban J connectivity index is 1.56. The van der Waals surface area contributed by atoms with Gasteiger partial charge < -0.3 is 9.30 Å². The molecule has 4 rings (SSSR count). The van der Waals surface area contributed by atoms with Crippen LogP contribution < -0.4 is 0 Å². The van der Waals surface area contributed by atoms with Gasteiger partial charge in [-0.2, -0.15) is 0 Å². The average molecular weight is 457 g/mol. The van der Waals surface area contributed by atoms with Crippen molar-refractivity contribution in [2.75, 3.05) is 7.11 Å². The van der Waals surface area contributed by atoms with Gasteiger partial charge in [0.25, 0.3) is 0 Å². The minimum absolute atomic E-state index is 0.278. The minimum Gasteiger partial charge on any atom is -0.468 e. The Labute approximate surface area is 187 Å². The summed E-state index contributed by atoms with van der Waals surface area (Å²) in [6.45, 7) is 2.45. The fraction of sp³-hybridized carbons (Fsp3) is 0.238. The predicted octanol–water partition coefficient (Wildman–Crippen LogP) is 4.88. The van der Waals surface area contributed by atoms with Crippen LogP contribution >= 0.6 is 34.9 Å². The van der Waals surface area contributed by atoms with Crippen molar-refractivity contribution in [2.24, 2.45) is 0 Å². The van der Waals surface area contributed by atoms with Crippen LogP contribution in [0, 0.1) is 0 Å². The average Bonchev–Trinajstić information content (AvgIpc) is 3.36. The van der Waals surface area contributed by atoms with Gasteiger partial charge in [-0.1, -0.05) is 66.0 Å². The van der Waals surface area contributed by atoms with E-state index in [1.807, 2.05) is 43.3 Å². The summed E-state index contributed by atoms with van der Waals surface area (Å²) >= 11 is 4.69. The molecule has 0 aliphatic rings. The zero-order chi connectivity index (χ0) is 20.9. The third-order valence-corrected chi connectivity index (χ3v) is 7.63. The van der Waals surface area contributed by atoms with E-state index in [2.05, 4.69) is 37.9 Å². The highest BCUT2D eigenvalue weighted by molar-refractivity contribution is 8.00. The highest BCUT2D eigenvalue weighted by Crippen LogP contribution is 2.32. The molecule has 0 spiro atoms. The van der Waals surface area contributed by atoms with E-state index >= 15 is 0 Å². The molecule has 0 amide bonds. The number of carbonyl (C=O) groups is 1. The van der Waals surface area contributed by atoms with Gasteiger partial charge in [-0.05, 0) is 24.6 Å². The second-order valence-corrected chi connectivity index (χ2v) is 10.1. The summed E-state index contributed by atoms with van der Waals surface area (Å²) in [5.41, 5.74) is 2.16. The smallest absolute Gasteiger partial charge is 0.318 e. The fourth-order valence-corrected chi connectivity index (χ4v) is 5.75. The number of thioether (sulfide) groups is 2. The summed E-state index contributed by atoms with van der Waals surface area (Å²) in [6, 6.07) is 18.3. The lowest BCUT2D eigenvalue weighted by Gasteiger charge is -2.12. The molecule has 30 heavy (non-hydrogen) atoms. The molecular formula is C21H20N4O2S3. The van der Waals surface area contributed by atoms with Crippen LogP contribution in [0.4, 0.5) is 0 Å². The minimum atomic E-state index is -0.363. The molecule has 0 unspecified atom stereocenters. The number of fused-ring (bicyclic) bond motifs is 1. The standard InChI is InChI=1S/C21H20N4O2S3/c1-14(19(26)27-2)29-20-24-23-18(25(20)12-15-8-4-3-5-9-15)13-28-21-22-16-10-6-7-11-17(16)30-21/h3-11,14H,12-13H2,1-2H3/t14-/m1/s1. The molecule has 2 aromatic carbocycles. The lowest BCUT2D eigenvalue weighted by atomic mass is 10.2. The van der Waals surface area contributed by atoms with Crippen molar-refractivity contribution in [2.45, 2.75) is 34.0 Å². The van der Waals surface area contributed by atoms with Crippen molar-refractivity contribution in [1.29, 1.82) is 0 Å². The van der Waals surface area contributed by atoms with E-state index in [0.717, 1.165) is 21.2 Å². The number of hydrogen-bond donors (Lipinski definition) is 0. The van der Waals surface area contributed by atoms with Gasteiger partial charge in [0.05, 0.1) is 29.6 Å². The second-order valence-electron chi connectivity index (χ2n) is 6.49. The maximum Gasteiger partial charge on any atom is 0.318 e. The van der Waals surface area contributed by atoms with Gasteiger partial charge in [0.15, 0.2) is 9.50 Å². The van der Waals surface area contributed by atoms with Crippen LogP contribution in [-0.2, 0) is 21.8 Å². The van der Waals surface area contributed by atoms with Crippen molar-refractivity contribution in [3.05, 3.63) is 66.0 Å². The summed E-state index contributed by atoms with van der Waals surface area (Å²) in [5.74, 6) is 1.22. The Morgan fingerprint density at radius 3 is 2.67 bits per heavy atom. The summed E-state index contributed by atoms with van der Waals surface area (Å²) in [7, 11) is 1.40. The van der Waals surface area contributed by atoms with Gasteiger partial charge in [-0.25, -0.2) is 4.98 Å². The van der Waals surface area contributed by atoms with E-state index < -0.39 is 0 Å². The van der Waals surface area contributed by atoms with Gasteiger partial charge in [0, 0.05) is 0 Å². The number of rotatable bonds is 8. The maximum atomic E-state index is 11.9. The normalized spacial score (nSPS) is 12.2. The number of esters is 1. The van der Waals surface area contributed by atoms with Crippen LogP contribution in [-0.4, -0.2) is 38.1 Å². The first-order chi connectivity index (χ1) is 14.6. The topological polar surface area (TPSA) is 69.9 Å². The molecular weight excluding hydrogens is 436 g/mol. The predicted molar refractivity (Wildman–Crippen MR) is 122 cm³/mol. The molecule has 2 aromatic heterocycles. The van der Waals surface area contributed by atoms with Crippen LogP contribution in [0.25, 0.3) is 10.2 Å². The first-order valence-electron chi connectivity index (χ1n) is 9.33. The summed E-state index contributed by atoms with van der Waals surface area (Å²) in [4.78, 5) is 16.6. The molecule has 4 aromatic rings. The van der Waals surface area contributed by atoms with Crippen LogP contribution in [0.5, 0.6) is 0 Å². The molecule has 0 N–H and O–H groups in total. The Morgan fingerprint density at radius 2 is 1.90 bits per heavy atom. The van der Waals surface area contributed by atoms with Gasteiger partial charge in [-0.3, -0.25) is 4.79 Å². The molecule has 0 saturated carbocycles. The van der Waals surface area contributed by atoms with E-state index in [0.29, 0.717) is 17.5 Å². The highest BCUT2D eigenvalue weighted by atomic mass is 32.2. The number of para-hydroxylation sites is 1. The SMILES string of the molecule is COC(=O)[C@@H](C)Sc1nnc(CSc2nc3ccccc3s2)n1Cc1ccccc1. The van der Waals surface area contributed by atoms with Crippen LogP contribution in [0.15, 0.2) is 64.1 Å². The number of hydrogen-bond acceptors (Lipinski definition) is 8. The highest BCUT2D eigenvalue weighted by Gasteiger charge is 2.21.